The minimum absolute atomic E-state index is 0.0344. The lowest BCUT2D eigenvalue weighted by atomic mass is 10.1. The number of aliphatic hydroxyl groups excluding tert-OH is 1. The predicted octanol–water partition coefficient (Wildman–Crippen LogP) is 3.43. The van der Waals surface area contributed by atoms with Crippen molar-refractivity contribution in [2.75, 3.05) is 0 Å². The number of fused-ring (bicyclic) bond motifs is 1. The van der Waals surface area contributed by atoms with E-state index >= 15 is 0 Å². The first-order chi connectivity index (χ1) is 10.5. The van der Waals surface area contributed by atoms with Crippen LogP contribution in [0.15, 0.2) is 18.2 Å². The fourth-order valence-electron chi connectivity index (χ4n) is 2.30. The summed E-state index contributed by atoms with van der Waals surface area (Å²) in [6.07, 6.45) is 0.808. The number of aliphatic hydroxyl groups is 1. The van der Waals surface area contributed by atoms with Crippen LogP contribution in [0.5, 0.6) is 0 Å². The average Bonchev–Trinajstić information content (AvgIpc) is 2.97. The van der Waals surface area contributed by atoms with Crippen molar-refractivity contribution < 1.29 is 13.9 Å². The van der Waals surface area contributed by atoms with Gasteiger partial charge in [-0.1, -0.05) is 25.2 Å². The Bertz CT molecular complexity index is 826. The van der Waals surface area contributed by atoms with Gasteiger partial charge in [-0.05, 0) is 24.1 Å². The van der Waals surface area contributed by atoms with Crippen LogP contribution in [0.25, 0.3) is 16.2 Å². The molecule has 0 aliphatic carbocycles. The third-order valence-corrected chi connectivity index (χ3v) is 4.19. The topological polar surface area (TPSA) is 50.4 Å². The van der Waals surface area contributed by atoms with E-state index in [1.807, 2.05) is 0 Å². The molecule has 0 fully saturated rings. The second-order valence-electron chi connectivity index (χ2n) is 5.48. The molecule has 2 heterocycles. The van der Waals surface area contributed by atoms with E-state index in [4.69, 9.17) is 0 Å². The Hall–Kier alpha value is -1.86. The molecule has 4 nitrogen and oxygen atoms in total. The second-order valence-corrected chi connectivity index (χ2v) is 6.52. The summed E-state index contributed by atoms with van der Waals surface area (Å²) >= 11 is 1.39. The number of benzene rings is 1. The fourth-order valence-corrected chi connectivity index (χ4v) is 3.42. The van der Waals surface area contributed by atoms with Crippen molar-refractivity contribution in [2.24, 2.45) is 5.92 Å². The smallest absolute Gasteiger partial charge is 0.213 e. The van der Waals surface area contributed by atoms with Crippen LogP contribution in [0.2, 0.25) is 0 Å². The zero-order chi connectivity index (χ0) is 15.9. The molecule has 2 aromatic heterocycles. The van der Waals surface area contributed by atoms with Gasteiger partial charge in [0.05, 0.1) is 12.3 Å². The summed E-state index contributed by atoms with van der Waals surface area (Å²) in [5.74, 6) is -0.678. The van der Waals surface area contributed by atoms with Crippen LogP contribution in [0, 0.1) is 17.6 Å². The van der Waals surface area contributed by atoms with E-state index in [9.17, 15) is 13.9 Å². The molecular formula is C15H15F2N3OS. The second kappa shape index (κ2) is 5.73. The minimum Gasteiger partial charge on any atom is -0.390 e. The third kappa shape index (κ3) is 2.62. The maximum atomic E-state index is 13.9. The molecule has 7 heteroatoms. The van der Waals surface area contributed by atoms with Crippen LogP contribution < -0.4 is 0 Å². The molecule has 0 saturated carbocycles. The number of imidazole rings is 1. The van der Waals surface area contributed by atoms with E-state index in [0.29, 0.717) is 16.6 Å². The largest absolute Gasteiger partial charge is 0.390 e. The van der Waals surface area contributed by atoms with E-state index in [-0.39, 0.29) is 17.9 Å². The van der Waals surface area contributed by atoms with Gasteiger partial charge in [-0.3, -0.25) is 0 Å². The summed E-state index contributed by atoms with van der Waals surface area (Å²) in [7, 11) is 0. The Kier molecular flexibility index (Phi) is 3.92. The molecule has 0 amide bonds. The molecule has 0 unspecified atom stereocenters. The van der Waals surface area contributed by atoms with Crippen molar-refractivity contribution in [3.05, 3.63) is 40.5 Å². The maximum absolute atomic E-state index is 13.9. The monoisotopic (exact) mass is 323 g/mol. The molecule has 1 N–H and O–H groups in total. The quantitative estimate of drug-likeness (QED) is 0.800. The van der Waals surface area contributed by atoms with Crippen molar-refractivity contribution in [1.82, 2.24) is 14.6 Å². The molecule has 0 aliphatic rings. The molecule has 116 valence electrons. The highest BCUT2D eigenvalue weighted by Crippen LogP contribution is 2.30. The molecule has 0 radical (unpaired) electrons. The Balaban J connectivity index is 2.14. The van der Waals surface area contributed by atoms with E-state index in [1.165, 1.54) is 15.9 Å². The van der Waals surface area contributed by atoms with Crippen LogP contribution in [-0.2, 0) is 13.0 Å². The summed E-state index contributed by atoms with van der Waals surface area (Å²) in [4.78, 5) is 4.90. The summed E-state index contributed by atoms with van der Waals surface area (Å²) in [5, 5.41) is 14.9. The lowest BCUT2D eigenvalue weighted by Gasteiger charge is -2.03. The van der Waals surface area contributed by atoms with Crippen molar-refractivity contribution >= 4 is 16.3 Å². The Morgan fingerprint density at radius 3 is 2.77 bits per heavy atom. The molecule has 0 bridgehead atoms. The first-order valence-corrected chi connectivity index (χ1v) is 7.75. The standard InChI is InChI=1S/C15H15F2N3OS/c1-8(2)5-13-19-20-12(7-21)14(18-15(20)22-13)10-6-9(16)3-4-11(10)17/h3-4,6,8,21H,5,7H2,1-2H3. The Labute approximate surface area is 130 Å². The van der Waals surface area contributed by atoms with Crippen molar-refractivity contribution in [2.45, 2.75) is 26.9 Å². The number of rotatable bonds is 4. The van der Waals surface area contributed by atoms with Gasteiger partial charge in [0.1, 0.15) is 22.3 Å². The van der Waals surface area contributed by atoms with Gasteiger partial charge in [0, 0.05) is 12.0 Å². The molecule has 3 rings (SSSR count). The lowest BCUT2D eigenvalue weighted by molar-refractivity contribution is 0.275. The molecule has 1 aromatic carbocycles. The van der Waals surface area contributed by atoms with Crippen LogP contribution in [0.3, 0.4) is 0 Å². The average molecular weight is 323 g/mol. The predicted molar refractivity (Wildman–Crippen MR) is 80.7 cm³/mol. The molecule has 0 atom stereocenters. The van der Waals surface area contributed by atoms with Gasteiger partial charge in [-0.15, -0.1) is 0 Å². The minimum atomic E-state index is -0.579. The van der Waals surface area contributed by atoms with Crippen LogP contribution in [0.4, 0.5) is 8.78 Å². The van der Waals surface area contributed by atoms with Gasteiger partial charge in [-0.25, -0.2) is 18.3 Å². The highest BCUT2D eigenvalue weighted by Gasteiger charge is 2.20. The van der Waals surface area contributed by atoms with Crippen molar-refractivity contribution in [3.8, 4) is 11.3 Å². The van der Waals surface area contributed by atoms with Crippen LogP contribution in [0.1, 0.15) is 24.5 Å². The normalized spacial score (nSPS) is 11.7. The van der Waals surface area contributed by atoms with Crippen molar-refractivity contribution in [3.63, 3.8) is 0 Å². The molecular weight excluding hydrogens is 308 g/mol. The molecule has 0 spiro atoms. The van der Waals surface area contributed by atoms with Gasteiger partial charge in [0.15, 0.2) is 0 Å². The summed E-state index contributed by atoms with van der Waals surface area (Å²) < 4.78 is 28.8. The summed E-state index contributed by atoms with van der Waals surface area (Å²) in [6, 6.07) is 3.18. The fraction of sp³-hybridized carbons (Fsp3) is 0.333. The van der Waals surface area contributed by atoms with E-state index in [1.54, 1.807) is 0 Å². The lowest BCUT2D eigenvalue weighted by Crippen LogP contribution is -1.99. The molecule has 0 saturated heterocycles. The number of nitrogens with zero attached hydrogens (tertiary/aromatic N) is 3. The highest BCUT2D eigenvalue weighted by molar-refractivity contribution is 7.16. The van der Waals surface area contributed by atoms with Crippen LogP contribution in [-0.4, -0.2) is 19.7 Å². The van der Waals surface area contributed by atoms with Crippen molar-refractivity contribution in [1.29, 1.82) is 0 Å². The first-order valence-electron chi connectivity index (χ1n) is 6.93. The third-order valence-electron chi connectivity index (χ3n) is 3.25. The van der Waals surface area contributed by atoms with Gasteiger partial charge in [0.2, 0.25) is 4.96 Å². The Morgan fingerprint density at radius 2 is 2.09 bits per heavy atom. The molecule has 0 aliphatic heterocycles. The molecule has 22 heavy (non-hydrogen) atoms. The highest BCUT2D eigenvalue weighted by atomic mass is 32.1. The number of hydrogen-bond donors (Lipinski definition) is 1. The molecule has 3 aromatic rings. The first kappa shape index (κ1) is 15.1. The van der Waals surface area contributed by atoms with Gasteiger partial charge in [-0.2, -0.15) is 5.10 Å². The van der Waals surface area contributed by atoms with Gasteiger partial charge >= 0.3 is 0 Å². The Morgan fingerprint density at radius 1 is 1.32 bits per heavy atom. The maximum Gasteiger partial charge on any atom is 0.213 e. The summed E-state index contributed by atoms with van der Waals surface area (Å²) in [6.45, 7) is 3.83. The van der Waals surface area contributed by atoms with E-state index in [2.05, 4.69) is 23.9 Å². The zero-order valence-corrected chi connectivity index (χ0v) is 13.0. The van der Waals surface area contributed by atoms with Gasteiger partial charge < -0.3 is 5.11 Å². The zero-order valence-electron chi connectivity index (χ0n) is 12.2. The number of halogens is 2. The number of hydrogen-bond acceptors (Lipinski definition) is 4. The SMILES string of the molecule is CC(C)Cc1nn2c(CO)c(-c3cc(F)ccc3F)nc2s1. The number of aromatic nitrogens is 3. The van der Waals surface area contributed by atoms with E-state index in [0.717, 1.165) is 29.6 Å². The van der Waals surface area contributed by atoms with E-state index < -0.39 is 11.6 Å². The van der Waals surface area contributed by atoms with Crippen LogP contribution >= 0.6 is 11.3 Å². The summed E-state index contributed by atoms with van der Waals surface area (Å²) in [5.41, 5.74) is 0.632. The van der Waals surface area contributed by atoms with Gasteiger partial charge in [0.25, 0.3) is 0 Å².